The van der Waals surface area contributed by atoms with Crippen molar-refractivity contribution in [3.8, 4) is 0 Å². The minimum absolute atomic E-state index is 0. The van der Waals surface area contributed by atoms with Crippen LogP contribution in [0, 0.1) is 13.8 Å². The summed E-state index contributed by atoms with van der Waals surface area (Å²) in [6.45, 7) is 11.2. The standard InChI is InChI=1S/2C12H13.C3H6.2ClH.Hf/c2*1-2-5-10-8-11-6-3-4-7-12(11)9-10;1-3-2;;;/h2*3-4,6-9H,2,5H2,1H3;1-3H2;2*1H;/q2*-1;-2;;;/p-2. The second-order valence-electron chi connectivity index (χ2n) is 6.84. The van der Waals surface area contributed by atoms with E-state index in [9.17, 15) is 0 Å². The zero-order chi connectivity index (χ0) is 19.5. The molecule has 4 aromatic rings. The molecule has 0 saturated carbocycles. The van der Waals surface area contributed by atoms with Gasteiger partial charge < -0.3 is 45.1 Å². The second kappa shape index (κ2) is 17.8. The summed E-state index contributed by atoms with van der Waals surface area (Å²) in [7, 11) is 0. The van der Waals surface area contributed by atoms with E-state index in [4.69, 9.17) is 0 Å². The predicted molar refractivity (Wildman–Crippen MR) is 122 cm³/mol. The summed E-state index contributed by atoms with van der Waals surface area (Å²) in [5, 5.41) is 5.50. The molecule has 0 unspecified atom stereocenters. The van der Waals surface area contributed by atoms with Gasteiger partial charge in [0.1, 0.15) is 0 Å². The van der Waals surface area contributed by atoms with Crippen LogP contribution in [0.4, 0.5) is 0 Å². The van der Waals surface area contributed by atoms with E-state index in [1.165, 1.54) is 58.4 Å². The second-order valence-corrected chi connectivity index (χ2v) is 6.84. The van der Waals surface area contributed by atoms with Gasteiger partial charge in [-0.25, -0.2) is 0 Å². The summed E-state index contributed by atoms with van der Waals surface area (Å²) in [6, 6.07) is 26.2. The molecule has 0 amide bonds. The van der Waals surface area contributed by atoms with E-state index < -0.39 is 0 Å². The van der Waals surface area contributed by atoms with E-state index in [2.05, 4.69) is 100 Å². The maximum absolute atomic E-state index is 3.38. The van der Waals surface area contributed by atoms with Gasteiger partial charge in [-0.3, -0.25) is 0 Å². The first-order valence-corrected chi connectivity index (χ1v) is 10.1. The van der Waals surface area contributed by atoms with Gasteiger partial charge in [0.25, 0.3) is 0 Å². The Hall–Kier alpha value is -0.890. The van der Waals surface area contributed by atoms with E-state index in [1.54, 1.807) is 0 Å². The maximum Gasteiger partial charge on any atom is 0 e. The van der Waals surface area contributed by atoms with Gasteiger partial charge in [-0.15, -0.1) is 81.2 Å². The first-order chi connectivity index (χ1) is 13.2. The van der Waals surface area contributed by atoms with E-state index >= 15 is 0 Å². The van der Waals surface area contributed by atoms with Crippen LogP contribution in [0.15, 0.2) is 72.8 Å². The molecule has 0 heterocycles. The Morgan fingerprint density at radius 3 is 1.30 bits per heavy atom. The number of hydrogen-bond donors (Lipinski definition) is 0. The molecule has 0 fully saturated rings. The average Bonchev–Trinajstić information content (AvgIpc) is 3.26. The number of hydrogen-bond acceptors (Lipinski definition) is 0. The van der Waals surface area contributed by atoms with E-state index in [0.717, 1.165) is 6.42 Å². The Morgan fingerprint density at radius 2 is 1.00 bits per heavy atom. The summed E-state index contributed by atoms with van der Waals surface area (Å²) in [5.41, 5.74) is 2.94. The van der Waals surface area contributed by atoms with Crippen LogP contribution in [0.3, 0.4) is 0 Å². The van der Waals surface area contributed by atoms with Gasteiger partial charge in [0.15, 0.2) is 0 Å². The molecule has 30 heavy (non-hydrogen) atoms. The monoisotopic (exact) mass is 606 g/mol. The summed E-state index contributed by atoms with van der Waals surface area (Å²) in [5.74, 6) is 0. The van der Waals surface area contributed by atoms with Gasteiger partial charge in [0, 0.05) is 25.8 Å². The molecule has 0 bridgehead atoms. The Morgan fingerprint density at radius 1 is 0.667 bits per heavy atom. The third kappa shape index (κ3) is 9.94. The van der Waals surface area contributed by atoms with Crippen LogP contribution in [0.5, 0.6) is 0 Å². The minimum atomic E-state index is 0. The van der Waals surface area contributed by atoms with Crippen molar-refractivity contribution in [3.63, 3.8) is 0 Å². The molecule has 0 aliphatic carbocycles. The molecule has 0 N–H and O–H groups in total. The molecule has 0 radical (unpaired) electrons. The molecule has 0 saturated heterocycles. The smallest absolute Gasteiger partial charge is 0 e. The van der Waals surface area contributed by atoms with Crippen molar-refractivity contribution in [1.29, 1.82) is 0 Å². The van der Waals surface area contributed by atoms with Gasteiger partial charge >= 0.3 is 0 Å². The Kier molecular flexibility index (Phi) is 18.5. The first kappa shape index (κ1) is 31.3. The summed E-state index contributed by atoms with van der Waals surface area (Å²) < 4.78 is 0. The molecule has 0 nitrogen and oxygen atoms in total. The molecule has 0 aliphatic heterocycles. The zero-order valence-corrected chi connectivity index (χ0v) is 23.2. The molecule has 0 aliphatic rings. The number of halogens is 2. The largest absolute Gasteiger partial charge is 1.00 e. The SMILES string of the molecule is CCCc1cc2ccccc2[cH-]1.CCCc1cc2ccccc2[cH-]1.[CH2-]C[CH2-].[Cl-].[Cl-].[Hf]. The summed E-state index contributed by atoms with van der Waals surface area (Å²) in [4.78, 5) is 0. The summed E-state index contributed by atoms with van der Waals surface area (Å²) in [6.07, 6.45) is 5.62. The Balaban J connectivity index is 0. The quantitative estimate of drug-likeness (QED) is 0.247. The number of rotatable bonds is 4. The maximum atomic E-state index is 3.38. The van der Waals surface area contributed by atoms with Crippen molar-refractivity contribution in [2.45, 2.75) is 46.0 Å². The Bertz CT molecular complexity index is 779. The van der Waals surface area contributed by atoms with Gasteiger partial charge in [0.2, 0.25) is 0 Å². The fraction of sp³-hybridized carbons (Fsp3) is 0.259. The molecule has 164 valence electrons. The van der Waals surface area contributed by atoms with Crippen molar-refractivity contribution >= 4 is 21.5 Å². The fourth-order valence-electron chi connectivity index (χ4n) is 3.30. The normalized spacial score (nSPS) is 9.20. The molecule has 0 spiro atoms. The fourth-order valence-corrected chi connectivity index (χ4v) is 3.30. The minimum Gasteiger partial charge on any atom is -1.00 e. The molecular weight excluding hydrogens is 574 g/mol. The molecular formula is C27H32Cl2Hf-6. The van der Waals surface area contributed by atoms with Gasteiger partial charge in [0.05, 0.1) is 0 Å². The van der Waals surface area contributed by atoms with E-state index in [1.807, 2.05) is 0 Å². The van der Waals surface area contributed by atoms with E-state index in [0.29, 0.717) is 0 Å². The van der Waals surface area contributed by atoms with Crippen LogP contribution in [0.25, 0.3) is 21.5 Å². The summed E-state index contributed by atoms with van der Waals surface area (Å²) >= 11 is 0. The van der Waals surface area contributed by atoms with Crippen LogP contribution in [0.1, 0.15) is 44.2 Å². The van der Waals surface area contributed by atoms with Crippen molar-refractivity contribution in [1.82, 2.24) is 0 Å². The van der Waals surface area contributed by atoms with Crippen LogP contribution in [-0.2, 0) is 38.7 Å². The van der Waals surface area contributed by atoms with Crippen molar-refractivity contribution in [3.05, 3.63) is 97.8 Å². The van der Waals surface area contributed by atoms with Crippen molar-refractivity contribution < 1.29 is 50.7 Å². The van der Waals surface area contributed by atoms with Crippen molar-refractivity contribution in [2.75, 3.05) is 0 Å². The number of benzene rings is 2. The third-order valence-corrected chi connectivity index (χ3v) is 4.43. The van der Waals surface area contributed by atoms with Gasteiger partial charge in [-0.1, -0.05) is 38.8 Å². The Labute approximate surface area is 214 Å². The number of fused-ring (bicyclic) bond motifs is 2. The van der Waals surface area contributed by atoms with Crippen LogP contribution >= 0.6 is 0 Å². The van der Waals surface area contributed by atoms with Gasteiger partial charge in [-0.05, 0) is 12.8 Å². The zero-order valence-electron chi connectivity index (χ0n) is 18.1. The number of aryl methyl sites for hydroxylation is 2. The van der Waals surface area contributed by atoms with Crippen LogP contribution < -0.4 is 24.8 Å². The molecule has 3 heteroatoms. The topological polar surface area (TPSA) is 0 Å². The average molecular weight is 606 g/mol. The predicted octanol–water partition coefficient (Wildman–Crippen LogP) is 2.07. The van der Waals surface area contributed by atoms with E-state index in [-0.39, 0.29) is 50.7 Å². The first-order valence-electron chi connectivity index (χ1n) is 10.1. The third-order valence-electron chi connectivity index (χ3n) is 4.43. The van der Waals surface area contributed by atoms with Crippen LogP contribution in [0.2, 0.25) is 0 Å². The van der Waals surface area contributed by atoms with Crippen molar-refractivity contribution in [2.24, 2.45) is 0 Å². The molecule has 4 aromatic carbocycles. The molecule has 0 aromatic heterocycles. The molecule has 0 atom stereocenters. The van der Waals surface area contributed by atoms with Gasteiger partial charge in [-0.2, -0.15) is 12.1 Å². The molecule has 4 rings (SSSR count). The van der Waals surface area contributed by atoms with Crippen LogP contribution in [-0.4, -0.2) is 0 Å².